The van der Waals surface area contributed by atoms with Crippen LogP contribution in [-0.2, 0) is 6.54 Å². The van der Waals surface area contributed by atoms with Crippen LogP contribution in [0.3, 0.4) is 0 Å². The van der Waals surface area contributed by atoms with E-state index in [9.17, 15) is 4.79 Å². The molecule has 4 aromatic rings. The number of furan rings is 1. The molecule has 0 fully saturated rings. The number of fused-ring (bicyclic) bond motifs is 1. The van der Waals surface area contributed by atoms with E-state index in [0.29, 0.717) is 11.4 Å². The van der Waals surface area contributed by atoms with Gasteiger partial charge >= 0.3 is 0 Å². The number of hydrogen-bond donors (Lipinski definition) is 0. The highest BCUT2D eigenvalue weighted by Gasteiger charge is 2.20. The van der Waals surface area contributed by atoms with Gasteiger partial charge in [0.25, 0.3) is 5.91 Å². The highest BCUT2D eigenvalue weighted by molar-refractivity contribution is 7.20. The first-order valence-corrected chi connectivity index (χ1v) is 9.20. The average Bonchev–Trinajstić information content (AvgIpc) is 3.32. The lowest BCUT2D eigenvalue weighted by atomic mass is 10.3. The first-order chi connectivity index (χ1) is 12.5. The minimum absolute atomic E-state index is 0.0146. The zero-order valence-electron chi connectivity index (χ0n) is 14.9. The van der Waals surface area contributed by atoms with Crippen LogP contribution in [0, 0.1) is 13.8 Å². The molecule has 0 unspecified atom stereocenters. The van der Waals surface area contributed by atoms with Gasteiger partial charge in [-0.25, -0.2) is 4.68 Å². The number of benzene rings is 1. The van der Waals surface area contributed by atoms with Crippen molar-refractivity contribution < 1.29 is 9.21 Å². The minimum Gasteiger partial charge on any atom is -0.464 e. The second kappa shape index (κ2) is 6.46. The fraction of sp³-hybridized carbons (Fsp3) is 0.200. The molecule has 3 aromatic heterocycles. The summed E-state index contributed by atoms with van der Waals surface area (Å²) in [5.74, 6) is 1.62. The Bertz CT molecular complexity index is 1080. The van der Waals surface area contributed by atoms with Crippen molar-refractivity contribution in [1.29, 1.82) is 0 Å². The predicted molar refractivity (Wildman–Crippen MR) is 103 cm³/mol. The minimum atomic E-state index is -0.0146. The van der Waals surface area contributed by atoms with Crippen LogP contribution < -0.4 is 0 Å². The summed E-state index contributed by atoms with van der Waals surface area (Å²) in [6.45, 7) is 4.32. The molecule has 0 saturated heterocycles. The van der Waals surface area contributed by atoms with Crippen LogP contribution in [0.15, 0.2) is 52.9 Å². The van der Waals surface area contributed by atoms with Gasteiger partial charge in [0, 0.05) is 12.4 Å². The highest BCUT2D eigenvalue weighted by Crippen LogP contribution is 2.31. The molecule has 1 amide bonds. The molecule has 5 nitrogen and oxygen atoms in total. The maximum Gasteiger partial charge on any atom is 0.264 e. The lowest BCUT2D eigenvalue weighted by molar-refractivity contribution is 0.0780. The number of rotatable bonds is 4. The second-order valence-corrected chi connectivity index (χ2v) is 7.37. The number of amides is 1. The van der Waals surface area contributed by atoms with Crippen molar-refractivity contribution in [3.8, 4) is 5.69 Å². The normalized spacial score (nSPS) is 11.2. The van der Waals surface area contributed by atoms with E-state index in [0.717, 1.165) is 33.1 Å². The van der Waals surface area contributed by atoms with Gasteiger partial charge in [-0.1, -0.05) is 18.2 Å². The van der Waals surface area contributed by atoms with Crippen molar-refractivity contribution in [3.05, 3.63) is 70.6 Å². The van der Waals surface area contributed by atoms with Crippen molar-refractivity contribution in [1.82, 2.24) is 14.7 Å². The Labute approximate surface area is 155 Å². The molecule has 0 aliphatic rings. The molecule has 3 heterocycles. The Balaban J connectivity index is 1.66. The number of carbonyl (C=O) groups is 1. The molecular formula is C20H19N3O2S. The average molecular weight is 365 g/mol. The molecule has 132 valence electrons. The molecule has 0 N–H and O–H groups in total. The fourth-order valence-electron chi connectivity index (χ4n) is 2.96. The third kappa shape index (κ3) is 2.93. The van der Waals surface area contributed by atoms with Crippen LogP contribution >= 0.6 is 11.3 Å². The summed E-state index contributed by atoms with van der Waals surface area (Å²) in [6.07, 6.45) is 0. The van der Waals surface area contributed by atoms with Crippen LogP contribution in [0.2, 0.25) is 0 Å². The Morgan fingerprint density at radius 1 is 1.19 bits per heavy atom. The van der Waals surface area contributed by atoms with E-state index in [1.165, 1.54) is 11.3 Å². The lowest BCUT2D eigenvalue weighted by Gasteiger charge is -2.14. The quantitative estimate of drug-likeness (QED) is 0.532. The molecule has 0 bridgehead atoms. The van der Waals surface area contributed by atoms with E-state index in [1.54, 1.807) is 11.9 Å². The maximum absolute atomic E-state index is 12.8. The maximum atomic E-state index is 12.8. The summed E-state index contributed by atoms with van der Waals surface area (Å²) < 4.78 is 7.48. The van der Waals surface area contributed by atoms with E-state index < -0.39 is 0 Å². The van der Waals surface area contributed by atoms with Gasteiger partial charge in [-0.2, -0.15) is 5.10 Å². The number of nitrogens with zero attached hydrogens (tertiary/aromatic N) is 3. The van der Waals surface area contributed by atoms with Crippen molar-refractivity contribution in [2.45, 2.75) is 20.4 Å². The van der Waals surface area contributed by atoms with E-state index in [1.807, 2.05) is 67.1 Å². The Kier molecular flexibility index (Phi) is 4.12. The molecule has 0 aliphatic carbocycles. The largest absolute Gasteiger partial charge is 0.464 e. The van der Waals surface area contributed by atoms with Crippen LogP contribution in [-0.4, -0.2) is 27.6 Å². The van der Waals surface area contributed by atoms with Gasteiger partial charge < -0.3 is 9.32 Å². The van der Waals surface area contributed by atoms with E-state index in [2.05, 4.69) is 5.10 Å². The SMILES string of the molecule is Cc1ccc(CN(C)C(=O)c2cc3c(C)nn(-c4ccccc4)c3s2)o1. The summed E-state index contributed by atoms with van der Waals surface area (Å²) >= 11 is 1.47. The van der Waals surface area contributed by atoms with Gasteiger partial charge in [0.1, 0.15) is 16.4 Å². The van der Waals surface area contributed by atoms with Crippen molar-refractivity contribution in [2.24, 2.45) is 0 Å². The molecule has 4 rings (SSSR count). The van der Waals surface area contributed by atoms with Gasteiger partial charge in [0.05, 0.1) is 22.8 Å². The number of carbonyl (C=O) groups excluding carboxylic acids is 1. The smallest absolute Gasteiger partial charge is 0.264 e. The van der Waals surface area contributed by atoms with E-state index in [4.69, 9.17) is 4.42 Å². The van der Waals surface area contributed by atoms with Crippen molar-refractivity contribution in [2.75, 3.05) is 7.05 Å². The molecule has 0 radical (unpaired) electrons. The third-order valence-corrected chi connectivity index (χ3v) is 5.39. The van der Waals surface area contributed by atoms with Gasteiger partial charge in [-0.15, -0.1) is 11.3 Å². The molecule has 0 atom stereocenters. The molecule has 1 aromatic carbocycles. The lowest BCUT2D eigenvalue weighted by Crippen LogP contribution is -2.25. The molecule has 0 spiro atoms. The third-order valence-electron chi connectivity index (χ3n) is 4.29. The number of hydrogen-bond acceptors (Lipinski definition) is 4. The summed E-state index contributed by atoms with van der Waals surface area (Å²) in [5.41, 5.74) is 1.91. The summed E-state index contributed by atoms with van der Waals surface area (Å²) in [4.78, 5) is 16.2. The van der Waals surface area contributed by atoms with Gasteiger partial charge in [0.15, 0.2) is 0 Å². The standard InChI is InChI=1S/C20H19N3O2S/c1-13-9-10-16(25-13)12-22(3)19(24)18-11-17-14(2)21-23(20(17)26-18)15-7-5-4-6-8-15/h4-11H,12H2,1-3H3. The summed E-state index contributed by atoms with van der Waals surface area (Å²) in [5, 5.41) is 5.64. The van der Waals surface area contributed by atoms with Gasteiger partial charge in [-0.3, -0.25) is 4.79 Å². The zero-order valence-corrected chi connectivity index (χ0v) is 15.7. The zero-order chi connectivity index (χ0) is 18.3. The fourth-order valence-corrected chi connectivity index (χ4v) is 4.14. The van der Waals surface area contributed by atoms with Crippen molar-refractivity contribution in [3.63, 3.8) is 0 Å². The monoisotopic (exact) mass is 365 g/mol. The van der Waals surface area contributed by atoms with Gasteiger partial charge in [-0.05, 0) is 44.2 Å². The molecular weight excluding hydrogens is 346 g/mol. The molecule has 0 saturated carbocycles. The number of thiophene rings is 1. The topological polar surface area (TPSA) is 51.3 Å². The van der Waals surface area contributed by atoms with Crippen LogP contribution in [0.4, 0.5) is 0 Å². The number of aryl methyl sites for hydroxylation is 2. The Morgan fingerprint density at radius 2 is 1.96 bits per heavy atom. The molecule has 26 heavy (non-hydrogen) atoms. The first kappa shape index (κ1) is 16.6. The predicted octanol–water partition coefficient (Wildman–Crippen LogP) is 4.57. The number of para-hydroxylation sites is 1. The Hall–Kier alpha value is -2.86. The Morgan fingerprint density at radius 3 is 2.65 bits per heavy atom. The summed E-state index contributed by atoms with van der Waals surface area (Å²) in [6, 6.07) is 15.7. The van der Waals surface area contributed by atoms with E-state index >= 15 is 0 Å². The first-order valence-electron chi connectivity index (χ1n) is 8.38. The van der Waals surface area contributed by atoms with Crippen LogP contribution in [0.5, 0.6) is 0 Å². The van der Waals surface area contributed by atoms with Crippen molar-refractivity contribution >= 4 is 27.5 Å². The second-order valence-electron chi connectivity index (χ2n) is 6.34. The van der Waals surface area contributed by atoms with Crippen LogP contribution in [0.1, 0.15) is 26.9 Å². The van der Waals surface area contributed by atoms with E-state index in [-0.39, 0.29) is 5.91 Å². The summed E-state index contributed by atoms with van der Waals surface area (Å²) in [7, 11) is 1.79. The van der Waals surface area contributed by atoms with Crippen LogP contribution in [0.25, 0.3) is 15.9 Å². The molecule has 6 heteroatoms. The number of aromatic nitrogens is 2. The van der Waals surface area contributed by atoms with Gasteiger partial charge in [0.2, 0.25) is 0 Å². The highest BCUT2D eigenvalue weighted by atomic mass is 32.1. The molecule has 0 aliphatic heterocycles.